The van der Waals surface area contributed by atoms with Gasteiger partial charge in [-0.1, -0.05) is 12.1 Å². The third-order valence-corrected chi connectivity index (χ3v) is 3.03. The molecule has 0 radical (unpaired) electrons. The molecule has 1 aromatic rings. The summed E-state index contributed by atoms with van der Waals surface area (Å²) in [5, 5.41) is 12.2. The first-order chi connectivity index (χ1) is 7.68. The summed E-state index contributed by atoms with van der Waals surface area (Å²) < 4.78 is 5.18. The van der Waals surface area contributed by atoms with E-state index in [1.165, 1.54) is 0 Å². The van der Waals surface area contributed by atoms with Crippen LogP contribution in [0.1, 0.15) is 12.8 Å². The lowest BCUT2D eigenvalue weighted by Gasteiger charge is -2.14. The molecular weight excluding hydrogens is 206 g/mol. The van der Waals surface area contributed by atoms with E-state index >= 15 is 0 Å². The van der Waals surface area contributed by atoms with Gasteiger partial charge in [-0.2, -0.15) is 0 Å². The molecule has 0 bridgehead atoms. The zero-order valence-corrected chi connectivity index (χ0v) is 9.19. The van der Waals surface area contributed by atoms with Crippen LogP contribution in [0.2, 0.25) is 0 Å². The Morgan fingerprint density at radius 1 is 1.50 bits per heavy atom. The van der Waals surface area contributed by atoms with Crippen LogP contribution in [0.4, 0.5) is 5.69 Å². The first-order valence-electron chi connectivity index (χ1n) is 5.28. The largest absolute Gasteiger partial charge is 0.495 e. The molecule has 0 aromatic heterocycles. The van der Waals surface area contributed by atoms with Crippen molar-refractivity contribution >= 4 is 11.7 Å². The summed E-state index contributed by atoms with van der Waals surface area (Å²) in [6.45, 7) is 0.461. The van der Waals surface area contributed by atoms with Crippen molar-refractivity contribution in [1.82, 2.24) is 0 Å². The van der Waals surface area contributed by atoms with E-state index in [0.717, 1.165) is 24.3 Å². The Morgan fingerprint density at radius 3 is 2.75 bits per heavy atom. The molecule has 0 spiro atoms. The van der Waals surface area contributed by atoms with Crippen molar-refractivity contribution in [2.75, 3.05) is 19.0 Å². The number of carboxylic acids is 1. The standard InChI is InChI=1S/C12H15NO3/c1-16-10-5-3-2-4-9(10)13-8-12(6-7-12)11(14)15/h2-5,13H,6-8H2,1H3,(H,14,15). The average Bonchev–Trinajstić information content (AvgIpc) is 3.08. The summed E-state index contributed by atoms with van der Waals surface area (Å²) in [6, 6.07) is 7.51. The van der Waals surface area contributed by atoms with Gasteiger partial charge in [0.05, 0.1) is 18.2 Å². The third kappa shape index (κ3) is 1.96. The highest BCUT2D eigenvalue weighted by molar-refractivity contribution is 5.78. The Hall–Kier alpha value is -1.71. The fraction of sp³-hybridized carbons (Fsp3) is 0.417. The van der Waals surface area contributed by atoms with E-state index in [-0.39, 0.29) is 0 Å². The van der Waals surface area contributed by atoms with Crippen molar-refractivity contribution in [1.29, 1.82) is 0 Å². The molecule has 0 unspecified atom stereocenters. The normalized spacial score (nSPS) is 16.6. The molecule has 2 N–H and O–H groups in total. The topological polar surface area (TPSA) is 58.6 Å². The average molecular weight is 221 g/mol. The number of nitrogens with one attached hydrogen (secondary N) is 1. The lowest BCUT2D eigenvalue weighted by atomic mass is 10.1. The van der Waals surface area contributed by atoms with Crippen LogP contribution in [-0.4, -0.2) is 24.7 Å². The SMILES string of the molecule is COc1ccccc1NCC1(C(=O)O)CC1. The van der Waals surface area contributed by atoms with Gasteiger partial charge >= 0.3 is 5.97 Å². The molecule has 2 rings (SSSR count). The Kier molecular flexibility index (Phi) is 2.73. The smallest absolute Gasteiger partial charge is 0.311 e. The number of ether oxygens (including phenoxy) is 1. The van der Waals surface area contributed by atoms with Crippen LogP contribution in [-0.2, 0) is 4.79 Å². The Morgan fingerprint density at radius 2 is 2.19 bits per heavy atom. The summed E-state index contributed by atoms with van der Waals surface area (Å²) >= 11 is 0. The van der Waals surface area contributed by atoms with Crippen molar-refractivity contribution in [3.8, 4) is 5.75 Å². The maximum Gasteiger partial charge on any atom is 0.311 e. The number of carboxylic acid groups (broad SMARTS) is 1. The third-order valence-electron chi connectivity index (χ3n) is 3.03. The summed E-state index contributed by atoms with van der Waals surface area (Å²) in [5.41, 5.74) is 0.290. The molecule has 0 atom stereocenters. The van der Waals surface area contributed by atoms with Crippen LogP contribution in [0.15, 0.2) is 24.3 Å². The molecule has 4 heteroatoms. The fourth-order valence-corrected chi connectivity index (χ4v) is 1.67. The van der Waals surface area contributed by atoms with E-state index in [4.69, 9.17) is 9.84 Å². The van der Waals surface area contributed by atoms with E-state index in [1.807, 2.05) is 24.3 Å². The van der Waals surface area contributed by atoms with Gasteiger partial charge in [-0.15, -0.1) is 0 Å². The van der Waals surface area contributed by atoms with E-state index in [9.17, 15) is 4.79 Å². The predicted molar refractivity (Wildman–Crippen MR) is 60.8 cm³/mol. The molecule has 4 nitrogen and oxygen atoms in total. The van der Waals surface area contributed by atoms with E-state index < -0.39 is 11.4 Å². The lowest BCUT2D eigenvalue weighted by molar-refractivity contribution is -0.142. The van der Waals surface area contributed by atoms with Crippen LogP contribution in [0.5, 0.6) is 5.75 Å². The minimum Gasteiger partial charge on any atom is -0.495 e. The lowest BCUT2D eigenvalue weighted by Crippen LogP contribution is -2.24. The molecule has 1 fully saturated rings. The van der Waals surface area contributed by atoms with Crippen molar-refractivity contribution in [3.63, 3.8) is 0 Å². The molecule has 0 amide bonds. The van der Waals surface area contributed by atoms with Crippen molar-refractivity contribution in [2.45, 2.75) is 12.8 Å². The van der Waals surface area contributed by atoms with Gasteiger partial charge in [-0.05, 0) is 25.0 Å². The molecule has 86 valence electrons. The summed E-state index contributed by atoms with van der Waals surface area (Å²) in [7, 11) is 1.60. The molecule has 0 aliphatic heterocycles. The van der Waals surface area contributed by atoms with Gasteiger partial charge in [-0.25, -0.2) is 0 Å². The first kappa shape index (κ1) is 10.8. The van der Waals surface area contributed by atoms with Gasteiger partial charge in [0.2, 0.25) is 0 Å². The zero-order valence-electron chi connectivity index (χ0n) is 9.19. The van der Waals surface area contributed by atoms with Gasteiger partial charge in [0.1, 0.15) is 5.75 Å². The number of para-hydroxylation sites is 2. The molecule has 1 saturated carbocycles. The summed E-state index contributed by atoms with van der Waals surface area (Å²) in [6.07, 6.45) is 1.51. The highest BCUT2D eigenvalue weighted by atomic mass is 16.5. The quantitative estimate of drug-likeness (QED) is 0.798. The van der Waals surface area contributed by atoms with Crippen molar-refractivity contribution in [3.05, 3.63) is 24.3 Å². The minimum atomic E-state index is -0.713. The number of anilines is 1. The molecule has 1 aliphatic rings. The number of rotatable bonds is 5. The van der Waals surface area contributed by atoms with Gasteiger partial charge in [0, 0.05) is 6.54 Å². The highest BCUT2D eigenvalue weighted by Gasteiger charge is 2.50. The monoisotopic (exact) mass is 221 g/mol. The molecule has 16 heavy (non-hydrogen) atoms. The number of hydrogen-bond acceptors (Lipinski definition) is 3. The highest BCUT2D eigenvalue weighted by Crippen LogP contribution is 2.46. The molecular formula is C12H15NO3. The van der Waals surface area contributed by atoms with Crippen LogP contribution in [0.25, 0.3) is 0 Å². The second kappa shape index (κ2) is 4.04. The number of carbonyl (C=O) groups is 1. The number of benzene rings is 1. The maximum atomic E-state index is 11.0. The van der Waals surface area contributed by atoms with Crippen LogP contribution < -0.4 is 10.1 Å². The van der Waals surface area contributed by atoms with Crippen molar-refractivity contribution < 1.29 is 14.6 Å². The number of hydrogen-bond donors (Lipinski definition) is 2. The Labute approximate surface area is 94.2 Å². The number of methoxy groups -OCH3 is 1. The zero-order chi connectivity index (χ0) is 11.6. The minimum absolute atomic E-state index is 0.461. The first-order valence-corrected chi connectivity index (χ1v) is 5.28. The second-order valence-electron chi connectivity index (χ2n) is 4.14. The van der Waals surface area contributed by atoms with Gasteiger partial charge < -0.3 is 15.2 Å². The van der Waals surface area contributed by atoms with Gasteiger partial charge in [0.15, 0.2) is 0 Å². The van der Waals surface area contributed by atoms with Gasteiger partial charge in [-0.3, -0.25) is 4.79 Å². The predicted octanol–water partition coefficient (Wildman–Crippen LogP) is 1.97. The maximum absolute atomic E-state index is 11.0. The van der Waals surface area contributed by atoms with Gasteiger partial charge in [0.25, 0.3) is 0 Å². The Balaban J connectivity index is 2.02. The molecule has 1 aromatic carbocycles. The van der Waals surface area contributed by atoms with Crippen molar-refractivity contribution in [2.24, 2.45) is 5.41 Å². The van der Waals surface area contributed by atoms with Crippen LogP contribution >= 0.6 is 0 Å². The second-order valence-corrected chi connectivity index (χ2v) is 4.14. The Bertz CT molecular complexity index is 399. The van der Waals surface area contributed by atoms with E-state index in [2.05, 4.69) is 5.32 Å². The summed E-state index contributed by atoms with van der Waals surface area (Å²) in [4.78, 5) is 11.0. The molecule has 1 aliphatic carbocycles. The molecule has 0 saturated heterocycles. The van der Waals surface area contributed by atoms with Crippen LogP contribution in [0.3, 0.4) is 0 Å². The number of aliphatic carboxylic acids is 1. The van der Waals surface area contributed by atoms with E-state index in [0.29, 0.717) is 6.54 Å². The van der Waals surface area contributed by atoms with Crippen LogP contribution in [0, 0.1) is 5.41 Å². The van der Waals surface area contributed by atoms with E-state index in [1.54, 1.807) is 7.11 Å². The fourth-order valence-electron chi connectivity index (χ4n) is 1.67. The summed E-state index contributed by atoms with van der Waals surface area (Å²) in [5.74, 6) is 0.0265. The molecule has 0 heterocycles.